The van der Waals surface area contributed by atoms with E-state index >= 15 is 0 Å². The molecule has 9 heteroatoms. The number of hydrogen-bond acceptors (Lipinski definition) is 5. The summed E-state index contributed by atoms with van der Waals surface area (Å²) in [5.41, 5.74) is 4.58. The third kappa shape index (κ3) is 4.02. The Labute approximate surface area is 201 Å². The number of aromatic nitrogens is 3. The second kappa shape index (κ2) is 9.36. The largest absolute Gasteiger partial charge is 0.369 e. The first-order valence-electron chi connectivity index (χ1n) is 10.4. The first-order chi connectivity index (χ1) is 15.6. The predicted octanol–water partition coefficient (Wildman–Crippen LogP) is 5.10. The monoisotopic (exact) mass is 482 g/mol. The minimum absolute atomic E-state index is 0. The molecule has 0 atom stereocenters. The number of anilines is 1. The lowest BCUT2D eigenvalue weighted by Gasteiger charge is -2.29. The molecule has 1 fully saturated rings. The molecule has 33 heavy (non-hydrogen) atoms. The summed E-state index contributed by atoms with van der Waals surface area (Å²) in [7, 11) is 0. The van der Waals surface area contributed by atoms with Gasteiger partial charge >= 0.3 is 0 Å². The fourth-order valence-corrected chi connectivity index (χ4v) is 4.42. The molecule has 1 saturated heterocycles. The van der Waals surface area contributed by atoms with E-state index in [0.717, 1.165) is 48.5 Å². The number of nitriles is 1. The number of halogens is 3. The fraction of sp³-hybridized carbons (Fsp3) is 0.208. The molecule has 0 aliphatic carbocycles. The Bertz CT molecular complexity index is 1350. The van der Waals surface area contributed by atoms with E-state index in [1.807, 2.05) is 19.1 Å². The summed E-state index contributed by atoms with van der Waals surface area (Å²) in [4.78, 5) is 6.86. The van der Waals surface area contributed by atoms with E-state index in [4.69, 9.17) is 11.6 Å². The zero-order valence-corrected chi connectivity index (χ0v) is 19.4. The average molecular weight is 483 g/mol. The van der Waals surface area contributed by atoms with Gasteiger partial charge in [0.1, 0.15) is 6.07 Å². The molecular formula is C24H21Cl2FN6. The molecule has 1 aliphatic heterocycles. The van der Waals surface area contributed by atoms with E-state index in [2.05, 4.69) is 43.6 Å². The summed E-state index contributed by atoms with van der Waals surface area (Å²) in [6.45, 7) is 5.68. The van der Waals surface area contributed by atoms with Crippen LogP contribution in [0.15, 0.2) is 42.5 Å². The zero-order chi connectivity index (χ0) is 22.2. The van der Waals surface area contributed by atoms with Gasteiger partial charge in [0.2, 0.25) is 0 Å². The van der Waals surface area contributed by atoms with Gasteiger partial charge in [0.05, 0.1) is 21.7 Å². The molecule has 3 heterocycles. The van der Waals surface area contributed by atoms with Crippen LogP contribution in [0.2, 0.25) is 5.02 Å². The van der Waals surface area contributed by atoms with Crippen LogP contribution < -0.4 is 10.2 Å². The smallest absolute Gasteiger partial charge is 0.182 e. The molecule has 2 aromatic heterocycles. The van der Waals surface area contributed by atoms with Crippen molar-refractivity contribution in [3.8, 4) is 28.5 Å². The highest BCUT2D eigenvalue weighted by atomic mass is 35.5. The normalized spacial score (nSPS) is 13.6. The lowest BCUT2D eigenvalue weighted by molar-refractivity contribution is 0.589. The number of pyridine rings is 1. The second-order valence-electron chi connectivity index (χ2n) is 7.75. The molecule has 1 aliphatic rings. The van der Waals surface area contributed by atoms with Crippen molar-refractivity contribution in [3.05, 3.63) is 64.6 Å². The number of H-pyrrole nitrogens is 1. The molecule has 0 spiro atoms. The molecule has 0 radical (unpaired) electrons. The number of benzene rings is 2. The van der Waals surface area contributed by atoms with Crippen LogP contribution in [0.25, 0.3) is 33.4 Å². The van der Waals surface area contributed by atoms with Crippen LogP contribution in [0, 0.1) is 24.1 Å². The Morgan fingerprint density at radius 3 is 2.55 bits per heavy atom. The molecule has 6 nitrogen and oxygen atoms in total. The van der Waals surface area contributed by atoms with E-state index in [0.29, 0.717) is 11.2 Å². The van der Waals surface area contributed by atoms with E-state index < -0.39 is 5.82 Å². The van der Waals surface area contributed by atoms with Crippen LogP contribution in [0.4, 0.5) is 10.1 Å². The summed E-state index contributed by atoms with van der Waals surface area (Å²) < 4.78 is 14.9. The van der Waals surface area contributed by atoms with Crippen LogP contribution in [-0.4, -0.2) is 41.4 Å². The molecule has 0 saturated carbocycles. The van der Waals surface area contributed by atoms with Crippen LogP contribution in [0.5, 0.6) is 0 Å². The molecule has 0 bridgehead atoms. The molecule has 2 N–H and O–H groups in total. The number of aromatic amines is 1. The first kappa shape index (κ1) is 23.0. The lowest BCUT2D eigenvalue weighted by Crippen LogP contribution is -2.43. The van der Waals surface area contributed by atoms with E-state index in [9.17, 15) is 9.65 Å². The number of rotatable bonds is 3. The maximum Gasteiger partial charge on any atom is 0.182 e. The summed E-state index contributed by atoms with van der Waals surface area (Å²) in [5, 5.41) is 21.5. The van der Waals surface area contributed by atoms with Crippen LogP contribution in [0.1, 0.15) is 11.3 Å². The van der Waals surface area contributed by atoms with Gasteiger partial charge in [0, 0.05) is 48.7 Å². The third-order valence-corrected chi connectivity index (χ3v) is 6.13. The van der Waals surface area contributed by atoms with Crippen molar-refractivity contribution in [1.82, 2.24) is 20.5 Å². The Hall–Kier alpha value is -3.18. The van der Waals surface area contributed by atoms with E-state index in [-0.39, 0.29) is 34.3 Å². The van der Waals surface area contributed by atoms with Gasteiger partial charge in [-0.1, -0.05) is 29.8 Å². The Kier molecular flexibility index (Phi) is 6.52. The molecule has 0 unspecified atom stereocenters. The van der Waals surface area contributed by atoms with Gasteiger partial charge in [-0.25, -0.2) is 9.37 Å². The fourth-order valence-electron chi connectivity index (χ4n) is 4.24. The SMILES string of the molecule is Cc1[nH]nc2nc(-c3cccc(Cl)c3F)c(C#N)c(-c3ccc(N4CCNCC4)cc3)c12.Cl. The molecule has 0 amide bonds. The summed E-state index contributed by atoms with van der Waals surface area (Å²) >= 11 is 6.01. The first-order valence-corrected chi connectivity index (χ1v) is 10.8. The summed E-state index contributed by atoms with van der Waals surface area (Å²) in [6, 6.07) is 15.1. The topological polar surface area (TPSA) is 80.6 Å². The van der Waals surface area contributed by atoms with Crippen molar-refractivity contribution in [2.75, 3.05) is 31.1 Å². The van der Waals surface area contributed by atoms with Crippen LogP contribution in [0.3, 0.4) is 0 Å². The molecule has 168 valence electrons. The van der Waals surface area contributed by atoms with Crippen molar-refractivity contribution < 1.29 is 4.39 Å². The van der Waals surface area contributed by atoms with Gasteiger partial charge in [0.25, 0.3) is 0 Å². The summed E-state index contributed by atoms with van der Waals surface area (Å²) in [5.74, 6) is -0.607. The van der Waals surface area contributed by atoms with Crippen molar-refractivity contribution in [1.29, 1.82) is 5.26 Å². The van der Waals surface area contributed by atoms with Crippen molar-refractivity contribution in [3.63, 3.8) is 0 Å². The molecule has 2 aromatic carbocycles. The highest BCUT2D eigenvalue weighted by Gasteiger charge is 2.23. The van der Waals surface area contributed by atoms with Gasteiger partial charge in [0.15, 0.2) is 11.5 Å². The molecular weight excluding hydrogens is 462 g/mol. The minimum Gasteiger partial charge on any atom is -0.369 e. The van der Waals surface area contributed by atoms with Crippen LogP contribution >= 0.6 is 24.0 Å². The van der Waals surface area contributed by atoms with Crippen molar-refractivity contribution in [2.45, 2.75) is 6.92 Å². The lowest BCUT2D eigenvalue weighted by atomic mass is 9.93. The number of piperazine rings is 1. The van der Waals surface area contributed by atoms with Gasteiger partial charge in [-0.05, 0) is 36.8 Å². The predicted molar refractivity (Wildman–Crippen MR) is 132 cm³/mol. The third-order valence-electron chi connectivity index (χ3n) is 5.84. The number of nitrogens with zero attached hydrogens (tertiary/aromatic N) is 4. The number of aryl methyl sites for hydroxylation is 1. The molecule has 4 aromatic rings. The standard InChI is InChI=1S/C24H20ClFN6.ClH/c1-14-20-21(15-5-7-16(8-6-15)32-11-9-28-10-12-32)18(13-27)23(29-24(20)31-30-14)17-3-2-4-19(25)22(17)26;/h2-8,28H,9-12H2,1H3,(H,29,30,31);1H. The maximum absolute atomic E-state index is 14.9. The average Bonchev–Trinajstić information content (AvgIpc) is 3.20. The summed E-state index contributed by atoms with van der Waals surface area (Å²) in [6.07, 6.45) is 0. The van der Waals surface area contributed by atoms with Crippen molar-refractivity contribution >= 4 is 40.7 Å². The van der Waals surface area contributed by atoms with Gasteiger partial charge in [-0.2, -0.15) is 10.4 Å². The zero-order valence-electron chi connectivity index (χ0n) is 17.8. The highest BCUT2D eigenvalue weighted by molar-refractivity contribution is 6.31. The van der Waals surface area contributed by atoms with Gasteiger partial charge in [-0.15, -0.1) is 12.4 Å². The quantitative estimate of drug-likeness (QED) is 0.424. The second-order valence-corrected chi connectivity index (χ2v) is 8.16. The Morgan fingerprint density at radius 2 is 1.85 bits per heavy atom. The Balaban J connectivity index is 0.00000259. The maximum atomic E-state index is 14.9. The number of nitrogens with one attached hydrogen (secondary N) is 2. The minimum atomic E-state index is -0.607. The van der Waals surface area contributed by atoms with Crippen molar-refractivity contribution in [2.24, 2.45) is 0 Å². The van der Waals surface area contributed by atoms with E-state index in [1.54, 1.807) is 12.1 Å². The number of hydrogen-bond donors (Lipinski definition) is 2. The van der Waals surface area contributed by atoms with Crippen LogP contribution in [-0.2, 0) is 0 Å². The number of fused-ring (bicyclic) bond motifs is 1. The van der Waals surface area contributed by atoms with Gasteiger partial charge in [-0.3, -0.25) is 5.10 Å². The Morgan fingerprint density at radius 1 is 1.12 bits per heavy atom. The molecule has 5 rings (SSSR count). The highest BCUT2D eigenvalue weighted by Crippen LogP contribution is 2.39. The van der Waals surface area contributed by atoms with Gasteiger partial charge < -0.3 is 10.2 Å². The van der Waals surface area contributed by atoms with E-state index in [1.165, 1.54) is 6.07 Å².